The average Bonchev–Trinajstić information content (AvgIpc) is 2.91. The van der Waals surface area contributed by atoms with E-state index in [4.69, 9.17) is 4.74 Å². The molecule has 0 aromatic heterocycles. The van der Waals surface area contributed by atoms with Gasteiger partial charge in [-0.05, 0) is 49.7 Å². The number of hydrogen-bond acceptors (Lipinski definition) is 6. The van der Waals surface area contributed by atoms with E-state index in [1.54, 1.807) is 29.2 Å². The third-order valence-electron chi connectivity index (χ3n) is 6.95. The van der Waals surface area contributed by atoms with E-state index in [0.29, 0.717) is 48.6 Å². The molecular formula is C28H31F6N3O2S. The number of benzene rings is 2. The van der Waals surface area contributed by atoms with Gasteiger partial charge in [-0.25, -0.2) is 0 Å². The van der Waals surface area contributed by atoms with Crippen molar-refractivity contribution in [3.63, 3.8) is 0 Å². The first-order chi connectivity index (χ1) is 19.0. The van der Waals surface area contributed by atoms with Crippen molar-refractivity contribution in [2.24, 2.45) is 0 Å². The molecule has 0 amide bonds. The van der Waals surface area contributed by atoms with E-state index in [-0.39, 0.29) is 6.04 Å². The summed E-state index contributed by atoms with van der Waals surface area (Å²) in [5.41, 5.74) is -4.19. The van der Waals surface area contributed by atoms with Gasteiger partial charge in [0.2, 0.25) is 0 Å². The highest BCUT2D eigenvalue weighted by Crippen LogP contribution is 2.48. The number of piperidine rings is 1. The molecule has 1 N–H and O–H groups in total. The molecule has 0 aliphatic carbocycles. The van der Waals surface area contributed by atoms with Crippen LogP contribution in [0.4, 0.5) is 32.0 Å². The molecule has 0 bridgehead atoms. The second kappa shape index (κ2) is 12.9. The molecule has 2 heterocycles. The predicted molar refractivity (Wildman–Crippen MR) is 142 cm³/mol. The first-order valence-electron chi connectivity index (χ1n) is 13.1. The van der Waals surface area contributed by atoms with E-state index < -0.39 is 39.7 Å². The summed E-state index contributed by atoms with van der Waals surface area (Å²) in [4.78, 5) is 16.5. The Hall–Kier alpha value is -2.70. The van der Waals surface area contributed by atoms with Crippen LogP contribution in [0.2, 0.25) is 0 Å². The summed E-state index contributed by atoms with van der Waals surface area (Å²) in [6.07, 6.45) is -6.76. The maximum atomic E-state index is 14.2. The highest BCUT2D eigenvalue weighted by molar-refractivity contribution is 7.99. The maximum absolute atomic E-state index is 14.2. The third kappa shape index (κ3) is 7.73. The second-order valence-corrected chi connectivity index (χ2v) is 10.8. The molecule has 2 aromatic carbocycles. The van der Waals surface area contributed by atoms with Gasteiger partial charge in [-0.3, -0.25) is 4.79 Å². The van der Waals surface area contributed by atoms with Crippen LogP contribution in [0.25, 0.3) is 0 Å². The normalized spacial score (nSPS) is 17.9. The third-order valence-corrected chi connectivity index (χ3v) is 8.00. The number of anilines is 1. The standard InChI is InChI=1S/C28H31F6N3O2S/c1-2-36-11-8-19(9-12-36)35-20-4-3-5-21(18-20)40-24-7-6-22(23(38)10-13-37-14-16-39-17-15-37)25(27(29,30)31)26(24)28(32,33)34/h3-7,10,13,18-19,35H,2,8-9,11-12,14-17H2,1H3. The molecule has 0 saturated carbocycles. The van der Waals surface area contributed by atoms with Gasteiger partial charge in [-0.15, -0.1) is 0 Å². The van der Waals surface area contributed by atoms with E-state index in [2.05, 4.69) is 17.1 Å². The average molecular weight is 588 g/mol. The number of likely N-dealkylation sites (tertiary alicyclic amines) is 1. The van der Waals surface area contributed by atoms with Crippen molar-refractivity contribution in [2.75, 3.05) is 51.3 Å². The van der Waals surface area contributed by atoms with Gasteiger partial charge in [0, 0.05) is 65.5 Å². The fourth-order valence-electron chi connectivity index (χ4n) is 4.84. The summed E-state index contributed by atoms with van der Waals surface area (Å²) < 4.78 is 90.4. The number of alkyl halides is 6. The minimum absolute atomic E-state index is 0.196. The first kappa shape index (κ1) is 30.3. The molecule has 2 aliphatic rings. The zero-order chi connectivity index (χ0) is 28.9. The molecule has 0 unspecified atom stereocenters. The second-order valence-electron chi connectivity index (χ2n) is 9.67. The van der Waals surface area contributed by atoms with Crippen LogP contribution in [0.15, 0.2) is 58.5 Å². The lowest BCUT2D eigenvalue weighted by Crippen LogP contribution is -2.38. The van der Waals surface area contributed by atoms with Gasteiger partial charge in [0.1, 0.15) is 0 Å². The van der Waals surface area contributed by atoms with E-state index in [1.807, 2.05) is 0 Å². The quantitative estimate of drug-likeness (QED) is 0.208. The Kier molecular flexibility index (Phi) is 9.73. The molecule has 12 heteroatoms. The number of nitrogens with one attached hydrogen (secondary N) is 1. The van der Waals surface area contributed by atoms with Crippen LogP contribution >= 0.6 is 11.8 Å². The smallest absolute Gasteiger partial charge is 0.382 e. The van der Waals surface area contributed by atoms with Crippen LogP contribution in [0.3, 0.4) is 0 Å². The molecule has 0 radical (unpaired) electrons. The van der Waals surface area contributed by atoms with Gasteiger partial charge in [0.25, 0.3) is 0 Å². The minimum atomic E-state index is -5.41. The van der Waals surface area contributed by atoms with Crippen molar-refractivity contribution < 1.29 is 35.9 Å². The van der Waals surface area contributed by atoms with Crippen molar-refractivity contribution >= 4 is 23.2 Å². The minimum Gasteiger partial charge on any atom is -0.382 e. The molecule has 0 spiro atoms. The van der Waals surface area contributed by atoms with Gasteiger partial charge in [0.15, 0.2) is 5.78 Å². The van der Waals surface area contributed by atoms with E-state index in [1.165, 1.54) is 6.20 Å². The number of rotatable bonds is 8. The Labute approximate surface area is 233 Å². The van der Waals surface area contributed by atoms with Crippen LogP contribution in [0.1, 0.15) is 41.3 Å². The van der Waals surface area contributed by atoms with Crippen molar-refractivity contribution in [3.05, 3.63) is 65.4 Å². The van der Waals surface area contributed by atoms with Crippen molar-refractivity contribution in [1.82, 2.24) is 9.80 Å². The van der Waals surface area contributed by atoms with Crippen molar-refractivity contribution in [2.45, 2.75) is 48.0 Å². The largest absolute Gasteiger partial charge is 0.418 e. The number of halogens is 6. The maximum Gasteiger partial charge on any atom is 0.418 e. The lowest BCUT2D eigenvalue weighted by atomic mass is 9.96. The summed E-state index contributed by atoms with van der Waals surface area (Å²) in [7, 11) is 0. The Balaban J connectivity index is 1.62. The lowest BCUT2D eigenvalue weighted by Gasteiger charge is -2.32. The molecule has 2 saturated heterocycles. The number of carbonyl (C=O) groups excluding carboxylic acids is 1. The lowest BCUT2D eigenvalue weighted by molar-refractivity contribution is -0.163. The van der Waals surface area contributed by atoms with Crippen molar-refractivity contribution in [3.8, 4) is 0 Å². The number of carbonyl (C=O) groups is 1. The molecule has 40 heavy (non-hydrogen) atoms. The molecule has 2 aromatic rings. The SMILES string of the molecule is CCN1CCC(Nc2cccc(Sc3ccc(C(=O)C=CN4CCOCC4)c(C(F)(F)F)c3C(F)(F)F)c2)CC1. The van der Waals surface area contributed by atoms with Gasteiger partial charge in [-0.2, -0.15) is 26.3 Å². The number of ether oxygens (including phenoxy) is 1. The molecule has 218 valence electrons. The van der Waals surface area contributed by atoms with Crippen LogP contribution in [-0.4, -0.2) is 67.6 Å². The summed E-state index contributed by atoms with van der Waals surface area (Å²) >= 11 is 0.588. The molecule has 0 atom stereocenters. The molecule has 2 aliphatic heterocycles. The monoisotopic (exact) mass is 587 g/mol. The van der Waals surface area contributed by atoms with Gasteiger partial charge >= 0.3 is 12.4 Å². The van der Waals surface area contributed by atoms with E-state index >= 15 is 0 Å². The molecular weight excluding hydrogens is 556 g/mol. The van der Waals surface area contributed by atoms with Crippen LogP contribution < -0.4 is 5.32 Å². The Morgan fingerprint density at radius 1 is 1.00 bits per heavy atom. The fraction of sp³-hybridized carbons (Fsp3) is 0.464. The van der Waals surface area contributed by atoms with E-state index in [9.17, 15) is 31.1 Å². The Morgan fingerprint density at radius 3 is 2.30 bits per heavy atom. The summed E-state index contributed by atoms with van der Waals surface area (Å²) in [6, 6.07) is 8.58. The van der Waals surface area contributed by atoms with Gasteiger partial charge in [-0.1, -0.05) is 24.8 Å². The summed E-state index contributed by atoms with van der Waals surface area (Å²) in [5.74, 6) is -1.15. The molecule has 2 fully saturated rings. The zero-order valence-corrected chi connectivity index (χ0v) is 22.8. The number of ketones is 1. The van der Waals surface area contributed by atoms with Crippen molar-refractivity contribution in [1.29, 1.82) is 0 Å². The van der Waals surface area contributed by atoms with E-state index in [0.717, 1.165) is 50.7 Å². The number of morpholine rings is 1. The van der Waals surface area contributed by atoms with Crippen LogP contribution in [-0.2, 0) is 17.1 Å². The Bertz CT molecular complexity index is 1200. The van der Waals surface area contributed by atoms with Crippen LogP contribution in [0, 0.1) is 0 Å². The summed E-state index contributed by atoms with van der Waals surface area (Å²) in [6.45, 7) is 6.54. The summed E-state index contributed by atoms with van der Waals surface area (Å²) in [5, 5.41) is 3.39. The number of nitrogens with zero attached hydrogens (tertiary/aromatic N) is 2. The van der Waals surface area contributed by atoms with Gasteiger partial charge in [0.05, 0.1) is 24.3 Å². The van der Waals surface area contributed by atoms with Gasteiger partial charge < -0.3 is 19.9 Å². The first-order valence-corrected chi connectivity index (χ1v) is 13.9. The number of hydrogen-bond donors (Lipinski definition) is 1. The highest BCUT2D eigenvalue weighted by atomic mass is 32.2. The highest BCUT2D eigenvalue weighted by Gasteiger charge is 2.47. The molecule has 4 rings (SSSR count). The predicted octanol–water partition coefficient (Wildman–Crippen LogP) is 6.80. The van der Waals surface area contributed by atoms with Crippen LogP contribution in [0.5, 0.6) is 0 Å². The zero-order valence-electron chi connectivity index (χ0n) is 21.9. The Morgan fingerprint density at radius 2 is 1.68 bits per heavy atom. The number of allylic oxidation sites excluding steroid dienone is 1. The fourth-order valence-corrected chi connectivity index (χ4v) is 5.89. The topological polar surface area (TPSA) is 44.8 Å². The molecule has 5 nitrogen and oxygen atoms in total.